The molecular formula is C18H31N3. The molecule has 0 saturated carbocycles. The summed E-state index contributed by atoms with van der Waals surface area (Å²) >= 11 is 0. The van der Waals surface area contributed by atoms with E-state index in [-0.39, 0.29) is 0 Å². The lowest BCUT2D eigenvalue weighted by atomic mass is 9.98. The highest BCUT2D eigenvalue weighted by Gasteiger charge is 2.34. The summed E-state index contributed by atoms with van der Waals surface area (Å²) in [5.41, 5.74) is 8.85. The first kappa shape index (κ1) is 16.5. The van der Waals surface area contributed by atoms with Crippen LogP contribution in [0.3, 0.4) is 0 Å². The lowest BCUT2D eigenvalue weighted by molar-refractivity contribution is 0.219. The zero-order valence-corrected chi connectivity index (χ0v) is 14.2. The van der Waals surface area contributed by atoms with Gasteiger partial charge < -0.3 is 10.6 Å². The van der Waals surface area contributed by atoms with E-state index in [1.807, 2.05) is 0 Å². The number of benzene rings is 1. The maximum Gasteiger partial charge on any atom is 0.0471 e. The predicted octanol–water partition coefficient (Wildman–Crippen LogP) is 2.69. The third-order valence-corrected chi connectivity index (χ3v) is 4.92. The van der Waals surface area contributed by atoms with Gasteiger partial charge in [-0.1, -0.05) is 45.0 Å². The summed E-state index contributed by atoms with van der Waals surface area (Å²) in [5.74, 6) is 1.28. The standard InChI is InChI=1S/C18H31N3/c1-13(2)15-6-8-16(9-7-15)17(10-19)21-11-14(3)18(12-21)20(4)5/h6-9,13-14,17-18H,10-12,19H2,1-5H3. The highest BCUT2D eigenvalue weighted by atomic mass is 15.3. The average molecular weight is 289 g/mol. The van der Waals surface area contributed by atoms with Gasteiger partial charge in [-0.2, -0.15) is 0 Å². The zero-order valence-electron chi connectivity index (χ0n) is 14.2. The minimum absolute atomic E-state index is 0.346. The first-order chi connectivity index (χ1) is 9.93. The molecule has 1 aliphatic heterocycles. The van der Waals surface area contributed by atoms with Crippen molar-refractivity contribution in [1.82, 2.24) is 9.80 Å². The molecule has 3 heteroatoms. The highest BCUT2D eigenvalue weighted by Crippen LogP contribution is 2.29. The monoisotopic (exact) mass is 289 g/mol. The molecule has 0 amide bonds. The van der Waals surface area contributed by atoms with Crippen molar-refractivity contribution in [2.75, 3.05) is 33.7 Å². The fourth-order valence-electron chi connectivity index (χ4n) is 3.51. The Bertz CT molecular complexity index is 438. The van der Waals surface area contributed by atoms with Crippen LogP contribution in [0.2, 0.25) is 0 Å². The molecule has 21 heavy (non-hydrogen) atoms. The molecule has 0 radical (unpaired) electrons. The summed E-state index contributed by atoms with van der Waals surface area (Å²) in [6.45, 7) is 9.76. The summed E-state index contributed by atoms with van der Waals surface area (Å²) in [7, 11) is 4.36. The number of likely N-dealkylation sites (tertiary alicyclic amines) is 1. The van der Waals surface area contributed by atoms with Gasteiger partial charge in [-0.15, -0.1) is 0 Å². The first-order valence-corrected chi connectivity index (χ1v) is 8.14. The number of nitrogens with two attached hydrogens (primary N) is 1. The molecule has 3 unspecified atom stereocenters. The topological polar surface area (TPSA) is 32.5 Å². The third kappa shape index (κ3) is 3.65. The van der Waals surface area contributed by atoms with Gasteiger partial charge in [-0.3, -0.25) is 4.90 Å². The maximum atomic E-state index is 6.09. The molecule has 0 bridgehead atoms. The quantitative estimate of drug-likeness (QED) is 0.904. The van der Waals surface area contributed by atoms with E-state index in [1.165, 1.54) is 11.1 Å². The van der Waals surface area contributed by atoms with Gasteiger partial charge >= 0.3 is 0 Å². The van der Waals surface area contributed by atoms with Crippen molar-refractivity contribution < 1.29 is 0 Å². The molecule has 3 nitrogen and oxygen atoms in total. The van der Waals surface area contributed by atoms with Crippen LogP contribution in [0.4, 0.5) is 0 Å². The van der Waals surface area contributed by atoms with E-state index in [1.54, 1.807) is 0 Å². The molecule has 1 aliphatic rings. The largest absolute Gasteiger partial charge is 0.329 e. The Kier molecular flexibility index (Phi) is 5.42. The van der Waals surface area contributed by atoms with Crippen LogP contribution >= 0.6 is 0 Å². The second-order valence-corrected chi connectivity index (χ2v) is 7.04. The number of nitrogens with zero attached hydrogens (tertiary/aromatic N) is 2. The van der Waals surface area contributed by atoms with Crippen LogP contribution < -0.4 is 5.73 Å². The van der Waals surface area contributed by atoms with Crippen molar-refractivity contribution in [3.8, 4) is 0 Å². The molecule has 3 atom stereocenters. The molecule has 2 rings (SSSR count). The van der Waals surface area contributed by atoms with E-state index in [0.717, 1.165) is 13.1 Å². The molecule has 118 valence electrons. The Balaban J connectivity index is 2.13. The summed E-state index contributed by atoms with van der Waals surface area (Å²) < 4.78 is 0. The lowest BCUT2D eigenvalue weighted by Crippen LogP contribution is -2.36. The van der Waals surface area contributed by atoms with E-state index in [0.29, 0.717) is 30.5 Å². The van der Waals surface area contributed by atoms with Crippen LogP contribution in [0.1, 0.15) is 43.9 Å². The van der Waals surface area contributed by atoms with E-state index < -0.39 is 0 Å². The van der Waals surface area contributed by atoms with Gasteiger partial charge in [-0.05, 0) is 37.1 Å². The molecule has 1 saturated heterocycles. The van der Waals surface area contributed by atoms with Crippen molar-refractivity contribution in [3.63, 3.8) is 0 Å². The fourth-order valence-corrected chi connectivity index (χ4v) is 3.51. The first-order valence-electron chi connectivity index (χ1n) is 8.14. The summed E-state index contributed by atoms with van der Waals surface area (Å²) in [6.07, 6.45) is 0. The minimum Gasteiger partial charge on any atom is -0.329 e. The van der Waals surface area contributed by atoms with Gasteiger partial charge in [0.1, 0.15) is 0 Å². The molecule has 2 N–H and O–H groups in total. The summed E-state index contributed by atoms with van der Waals surface area (Å²) in [5, 5.41) is 0. The predicted molar refractivity (Wildman–Crippen MR) is 90.5 cm³/mol. The van der Waals surface area contributed by atoms with Crippen LogP contribution in [0.25, 0.3) is 0 Å². The van der Waals surface area contributed by atoms with Crippen molar-refractivity contribution >= 4 is 0 Å². The SMILES string of the molecule is CC(C)c1ccc(C(CN)N2CC(C)C(N(C)C)C2)cc1. The maximum absolute atomic E-state index is 6.09. The molecule has 1 heterocycles. The molecule has 0 aliphatic carbocycles. The van der Waals surface area contributed by atoms with Gasteiger partial charge in [0.15, 0.2) is 0 Å². The second kappa shape index (κ2) is 6.91. The van der Waals surface area contributed by atoms with Crippen LogP contribution in [0.5, 0.6) is 0 Å². The smallest absolute Gasteiger partial charge is 0.0471 e. The number of hydrogen-bond acceptors (Lipinski definition) is 3. The van der Waals surface area contributed by atoms with Crippen molar-refractivity contribution in [2.45, 2.75) is 38.8 Å². The zero-order chi connectivity index (χ0) is 15.6. The Morgan fingerprint density at radius 3 is 2.14 bits per heavy atom. The van der Waals surface area contributed by atoms with Gasteiger partial charge in [0.25, 0.3) is 0 Å². The van der Waals surface area contributed by atoms with E-state index in [4.69, 9.17) is 5.73 Å². The van der Waals surface area contributed by atoms with E-state index in [9.17, 15) is 0 Å². The number of rotatable bonds is 5. The molecule has 0 spiro atoms. The summed E-state index contributed by atoms with van der Waals surface area (Å²) in [4.78, 5) is 4.90. The van der Waals surface area contributed by atoms with Crippen LogP contribution in [-0.4, -0.2) is 49.6 Å². The average Bonchev–Trinajstić information content (AvgIpc) is 2.82. The number of hydrogen-bond donors (Lipinski definition) is 1. The second-order valence-electron chi connectivity index (χ2n) is 7.04. The van der Waals surface area contributed by atoms with Gasteiger partial charge in [-0.25, -0.2) is 0 Å². The van der Waals surface area contributed by atoms with Gasteiger partial charge in [0, 0.05) is 31.7 Å². The van der Waals surface area contributed by atoms with Crippen molar-refractivity contribution in [1.29, 1.82) is 0 Å². The van der Waals surface area contributed by atoms with Crippen LogP contribution in [0.15, 0.2) is 24.3 Å². The molecule has 1 aromatic carbocycles. The van der Waals surface area contributed by atoms with Crippen molar-refractivity contribution in [3.05, 3.63) is 35.4 Å². The van der Waals surface area contributed by atoms with Crippen molar-refractivity contribution in [2.24, 2.45) is 11.7 Å². The highest BCUT2D eigenvalue weighted by molar-refractivity contribution is 5.27. The third-order valence-electron chi connectivity index (χ3n) is 4.92. The number of likely N-dealkylation sites (N-methyl/N-ethyl adjacent to an activating group) is 1. The van der Waals surface area contributed by atoms with Gasteiger partial charge in [0.2, 0.25) is 0 Å². The minimum atomic E-state index is 0.346. The Morgan fingerprint density at radius 1 is 1.14 bits per heavy atom. The summed E-state index contributed by atoms with van der Waals surface area (Å²) in [6, 6.07) is 10.0. The van der Waals surface area contributed by atoms with Crippen LogP contribution in [-0.2, 0) is 0 Å². The normalized spacial score (nSPS) is 25.0. The molecule has 1 aromatic rings. The van der Waals surface area contributed by atoms with Crippen LogP contribution in [0, 0.1) is 5.92 Å². The Hall–Kier alpha value is -0.900. The fraction of sp³-hybridized carbons (Fsp3) is 0.667. The molecule has 0 aromatic heterocycles. The van der Waals surface area contributed by atoms with Gasteiger partial charge in [0.05, 0.1) is 0 Å². The molecular weight excluding hydrogens is 258 g/mol. The molecule has 1 fully saturated rings. The Labute approximate surface area is 130 Å². The van der Waals surface area contributed by atoms with E-state index in [2.05, 4.69) is 68.9 Å². The Morgan fingerprint density at radius 2 is 1.71 bits per heavy atom. The lowest BCUT2D eigenvalue weighted by Gasteiger charge is -2.28. The van der Waals surface area contributed by atoms with E-state index >= 15 is 0 Å².